The summed E-state index contributed by atoms with van der Waals surface area (Å²) in [6, 6.07) is 15.6. The molecule has 0 aliphatic heterocycles. The maximum Gasteiger partial charge on any atom is 0.128 e. The number of hydrogen-bond donors (Lipinski definition) is 0. The number of rotatable bonds is 6. The largest absolute Gasteiger partial charge is 0.366 e. The number of fused-ring (bicyclic) bond motifs is 4. The molecule has 5 rings (SSSR count). The Morgan fingerprint density at radius 2 is 1.12 bits per heavy atom. The lowest BCUT2D eigenvalue weighted by atomic mass is 9.83. The van der Waals surface area contributed by atoms with E-state index < -0.39 is 11.2 Å². The van der Waals surface area contributed by atoms with Crippen LogP contribution in [0.25, 0.3) is 42.4 Å². The summed E-state index contributed by atoms with van der Waals surface area (Å²) in [5.41, 5.74) is 3.64. The summed E-state index contributed by atoms with van der Waals surface area (Å²) in [5, 5.41) is 10.6. The summed E-state index contributed by atoms with van der Waals surface area (Å²) >= 11 is 1.77. The number of ether oxygens (including phenoxy) is 2. The van der Waals surface area contributed by atoms with Gasteiger partial charge in [0.25, 0.3) is 0 Å². The van der Waals surface area contributed by atoms with Crippen LogP contribution in [0.1, 0.15) is 75.6 Å². The van der Waals surface area contributed by atoms with Gasteiger partial charge in [0.15, 0.2) is 0 Å². The first kappa shape index (κ1) is 29.2. The van der Waals surface area contributed by atoms with Crippen molar-refractivity contribution in [3.63, 3.8) is 0 Å². The van der Waals surface area contributed by atoms with E-state index in [1.165, 1.54) is 42.8 Å². The van der Waals surface area contributed by atoms with Gasteiger partial charge in [-0.3, -0.25) is 0 Å². The quantitative estimate of drug-likeness (QED) is 0.152. The normalized spacial score (nSPS) is 12.1. The van der Waals surface area contributed by atoms with Gasteiger partial charge >= 0.3 is 0 Å². The van der Waals surface area contributed by atoms with Crippen molar-refractivity contribution in [2.75, 3.05) is 14.2 Å². The zero-order chi connectivity index (χ0) is 29.4. The highest BCUT2D eigenvalue weighted by Crippen LogP contribution is 2.42. The van der Waals surface area contributed by atoms with E-state index in [0.717, 1.165) is 47.6 Å². The van der Waals surface area contributed by atoms with Crippen molar-refractivity contribution in [2.45, 2.75) is 78.4 Å². The Balaban J connectivity index is 2.07. The van der Waals surface area contributed by atoms with Crippen molar-refractivity contribution in [2.24, 2.45) is 0 Å². The lowest BCUT2D eigenvalue weighted by Gasteiger charge is -2.24. The first-order chi connectivity index (χ1) is 19.8. The molecule has 4 aromatic carbocycles. The summed E-state index contributed by atoms with van der Waals surface area (Å²) in [7, 11) is 3.55. The average Bonchev–Trinajstić information content (AvgIpc) is 3.48. The molecule has 0 unspecified atom stereocenters. The maximum atomic E-state index is 5.99. The van der Waals surface area contributed by atoms with Crippen LogP contribution in [0.5, 0.6) is 0 Å². The highest BCUT2D eigenvalue weighted by atomic mass is 32.1. The maximum absolute atomic E-state index is 5.99. The third-order valence-corrected chi connectivity index (χ3v) is 10.1. The van der Waals surface area contributed by atoms with Crippen LogP contribution in [0.3, 0.4) is 0 Å². The van der Waals surface area contributed by atoms with Crippen LogP contribution in [-0.4, -0.2) is 25.4 Å². The van der Waals surface area contributed by atoms with Gasteiger partial charge in [-0.05, 0) is 95.8 Å². The molecule has 1 heterocycles. The number of hydrogen-bond acceptors (Lipinski definition) is 3. The van der Waals surface area contributed by atoms with E-state index in [1.807, 2.05) is 0 Å². The Kier molecular flexibility index (Phi) is 8.18. The van der Waals surface area contributed by atoms with Crippen molar-refractivity contribution < 1.29 is 9.47 Å². The molecule has 1 aromatic heterocycles. The smallest absolute Gasteiger partial charge is 0.128 e. The van der Waals surface area contributed by atoms with Crippen LogP contribution < -0.4 is 0 Å². The Hall–Kier alpha value is -3.34. The van der Waals surface area contributed by atoms with Crippen molar-refractivity contribution >= 4 is 53.7 Å². The van der Waals surface area contributed by atoms with Gasteiger partial charge in [-0.15, -0.1) is 11.3 Å². The Bertz CT molecular complexity index is 1740. The summed E-state index contributed by atoms with van der Waals surface area (Å²) < 4.78 is 13.2. The van der Waals surface area contributed by atoms with Crippen molar-refractivity contribution in [1.29, 1.82) is 0 Å². The lowest BCUT2D eigenvalue weighted by Crippen LogP contribution is -2.27. The van der Waals surface area contributed by atoms with Crippen molar-refractivity contribution in [1.82, 2.24) is 0 Å². The first-order valence-electron chi connectivity index (χ1n) is 14.8. The lowest BCUT2D eigenvalue weighted by molar-refractivity contribution is 0.0344. The van der Waals surface area contributed by atoms with Gasteiger partial charge in [0.2, 0.25) is 0 Å². The summed E-state index contributed by atoms with van der Waals surface area (Å²) in [6.07, 6.45) is 3.32. The molecule has 0 saturated heterocycles. The monoisotopic (exact) mass is 560 g/mol. The molecule has 3 heteroatoms. The van der Waals surface area contributed by atoms with Crippen molar-refractivity contribution in [3.8, 4) is 23.7 Å². The fourth-order valence-corrected chi connectivity index (χ4v) is 7.05. The van der Waals surface area contributed by atoms with Gasteiger partial charge in [-0.1, -0.05) is 75.6 Å². The molecule has 0 saturated carbocycles. The fraction of sp³-hybridized carbons (Fsp3) is 0.368. The Labute approximate surface area is 249 Å². The van der Waals surface area contributed by atoms with E-state index in [1.54, 1.807) is 25.6 Å². The topological polar surface area (TPSA) is 18.5 Å². The van der Waals surface area contributed by atoms with E-state index in [2.05, 4.69) is 113 Å². The van der Waals surface area contributed by atoms with Gasteiger partial charge < -0.3 is 9.47 Å². The van der Waals surface area contributed by atoms with E-state index in [0.29, 0.717) is 0 Å². The van der Waals surface area contributed by atoms with Gasteiger partial charge in [0.05, 0.1) is 0 Å². The molecule has 0 fully saturated rings. The van der Waals surface area contributed by atoms with Crippen LogP contribution in [0.15, 0.2) is 47.8 Å². The predicted octanol–water partition coefficient (Wildman–Crippen LogP) is 10.1. The fourth-order valence-electron chi connectivity index (χ4n) is 6.24. The van der Waals surface area contributed by atoms with Gasteiger partial charge in [-0.25, -0.2) is 0 Å². The molecule has 0 aliphatic rings. The number of aryl methyl sites for hydroxylation is 2. The highest BCUT2D eigenvalue weighted by Gasteiger charge is 2.25. The molecule has 0 atom stereocenters. The third-order valence-electron chi connectivity index (χ3n) is 9.26. The van der Waals surface area contributed by atoms with E-state index >= 15 is 0 Å². The summed E-state index contributed by atoms with van der Waals surface area (Å²) in [4.78, 5) is 0. The Morgan fingerprint density at radius 3 is 1.56 bits per heavy atom. The first-order valence-corrected chi connectivity index (χ1v) is 15.6. The second kappa shape index (κ2) is 11.5. The second-order valence-corrected chi connectivity index (χ2v) is 11.9. The van der Waals surface area contributed by atoms with Gasteiger partial charge in [-0.2, -0.15) is 0 Å². The SMILES string of the molecule is CCC(C#Cc1c2cc3ccsc3cc2c(C#CC(CC)(CC)OC)c2c(C)c3ccccc3c(C)c12)(CC)OC. The molecule has 0 aliphatic carbocycles. The van der Waals surface area contributed by atoms with Crippen LogP contribution in [0.4, 0.5) is 0 Å². The molecule has 210 valence electrons. The van der Waals surface area contributed by atoms with Crippen LogP contribution in [-0.2, 0) is 9.47 Å². The molecule has 41 heavy (non-hydrogen) atoms. The minimum atomic E-state index is -0.482. The molecule has 0 amide bonds. The molecule has 2 nitrogen and oxygen atoms in total. The minimum Gasteiger partial charge on any atom is -0.366 e. The Morgan fingerprint density at radius 1 is 0.659 bits per heavy atom. The molecular formula is C38H40O2S. The highest BCUT2D eigenvalue weighted by molar-refractivity contribution is 7.17. The van der Waals surface area contributed by atoms with Crippen LogP contribution in [0.2, 0.25) is 0 Å². The van der Waals surface area contributed by atoms with Gasteiger partial charge in [0.1, 0.15) is 11.2 Å². The van der Waals surface area contributed by atoms with E-state index in [4.69, 9.17) is 9.47 Å². The molecular weight excluding hydrogens is 520 g/mol. The van der Waals surface area contributed by atoms with Crippen LogP contribution in [0, 0.1) is 37.5 Å². The number of methoxy groups -OCH3 is 2. The van der Waals surface area contributed by atoms with E-state index in [9.17, 15) is 0 Å². The van der Waals surface area contributed by atoms with Crippen LogP contribution >= 0.6 is 11.3 Å². The summed E-state index contributed by atoms with van der Waals surface area (Å²) in [6.45, 7) is 13.1. The molecule has 0 spiro atoms. The standard InChI is InChI=1S/C38H40O2S/c1-9-37(10-2,39-7)20-17-30-32-23-27-19-22-41-34(27)24-33(32)31(18-21-38(11-3,12-4)40-8)36-26(6)29-16-14-13-15-28(29)25(5)35(30)36/h13-16,19,22-24H,9-12H2,1-8H3. The molecule has 0 N–H and O–H groups in total. The number of thiophene rings is 1. The zero-order valence-electron chi connectivity index (χ0n) is 25.7. The summed E-state index contributed by atoms with van der Waals surface area (Å²) in [5.74, 6) is 14.6. The average molecular weight is 561 g/mol. The zero-order valence-corrected chi connectivity index (χ0v) is 26.5. The third kappa shape index (κ3) is 4.81. The van der Waals surface area contributed by atoms with Crippen molar-refractivity contribution in [3.05, 3.63) is 70.1 Å². The molecule has 5 aromatic rings. The second-order valence-electron chi connectivity index (χ2n) is 11.0. The molecule has 0 radical (unpaired) electrons. The molecule has 0 bridgehead atoms. The van der Waals surface area contributed by atoms with Gasteiger partial charge in [0, 0.05) is 46.2 Å². The minimum absolute atomic E-state index is 0.482. The number of benzene rings is 4. The predicted molar refractivity (Wildman–Crippen MR) is 178 cm³/mol. The van der Waals surface area contributed by atoms with E-state index in [-0.39, 0.29) is 0 Å².